The Morgan fingerprint density at radius 2 is 2.00 bits per heavy atom. The summed E-state index contributed by atoms with van der Waals surface area (Å²) in [6.07, 6.45) is 0. The first kappa shape index (κ1) is 14.4. The van der Waals surface area contributed by atoms with E-state index in [-0.39, 0.29) is 12.0 Å². The third-order valence-corrected chi connectivity index (χ3v) is 2.52. The van der Waals surface area contributed by atoms with Crippen molar-refractivity contribution in [2.75, 3.05) is 26.3 Å². The maximum Gasteiger partial charge on any atom is 0.307 e. The molecule has 0 aromatic rings. The van der Waals surface area contributed by atoms with E-state index in [1.807, 2.05) is 13.8 Å². The third kappa shape index (κ3) is 5.74. The van der Waals surface area contributed by atoms with Crippen LogP contribution in [0.3, 0.4) is 0 Å². The van der Waals surface area contributed by atoms with E-state index >= 15 is 0 Å². The van der Waals surface area contributed by atoms with Gasteiger partial charge in [-0.25, -0.2) is 0 Å². The molecule has 0 bridgehead atoms. The van der Waals surface area contributed by atoms with E-state index in [4.69, 9.17) is 9.84 Å². The number of carbonyl (C=O) groups is 1. The Morgan fingerprint density at radius 3 is 2.40 bits per heavy atom. The summed E-state index contributed by atoms with van der Waals surface area (Å²) in [6, 6.07) is 0.275. The lowest BCUT2D eigenvalue weighted by molar-refractivity contribution is -0.142. The van der Waals surface area contributed by atoms with Gasteiger partial charge >= 0.3 is 5.97 Å². The fraction of sp³-hybridized carbons (Fsp3) is 0.909. The van der Waals surface area contributed by atoms with Crippen LogP contribution < -0.4 is 0 Å². The Labute approximate surface area is 92.2 Å². The predicted octanol–water partition coefficient (Wildman–Crippen LogP) is 1.45. The molecule has 1 N–H and O–H groups in total. The Balaban J connectivity index is 4.05. The van der Waals surface area contributed by atoms with Crippen molar-refractivity contribution < 1.29 is 14.6 Å². The van der Waals surface area contributed by atoms with Crippen LogP contribution in [0.1, 0.15) is 27.7 Å². The van der Waals surface area contributed by atoms with Crippen LogP contribution in [0.2, 0.25) is 0 Å². The molecule has 0 aliphatic carbocycles. The van der Waals surface area contributed by atoms with Crippen LogP contribution in [0.25, 0.3) is 0 Å². The number of likely N-dealkylation sites (N-methyl/N-ethyl adjacent to an activating group) is 1. The van der Waals surface area contributed by atoms with Crippen molar-refractivity contribution in [2.24, 2.45) is 5.92 Å². The predicted molar refractivity (Wildman–Crippen MR) is 60.0 cm³/mol. The van der Waals surface area contributed by atoms with E-state index in [2.05, 4.69) is 11.8 Å². The second-order valence-corrected chi connectivity index (χ2v) is 3.84. The molecule has 0 radical (unpaired) electrons. The molecule has 0 saturated carbocycles. The van der Waals surface area contributed by atoms with Crippen molar-refractivity contribution in [3.8, 4) is 0 Å². The average molecular weight is 217 g/mol. The van der Waals surface area contributed by atoms with E-state index in [0.29, 0.717) is 19.8 Å². The Morgan fingerprint density at radius 1 is 1.40 bits per heavy atom. The number of ether oxygens (including phenoxy) is 1. The van der Waals surface area contributed by atoms with Gasteiger partial charge in [-0.3, -0.25) is 9.69 Å². The molecular weight excluding hydrogens is 194 g/mol. The smallest absolute Gasteiger partial charge is 0.307 e. The van der Waals surface area contributed by atoms with Gasteiger partial charge in [-0.1, -0.05) is 13.8 Å². The van der Waals surface area contributed by atoms with Crippen LogP contribution in [0.5, 0.6) is 0 Å². The molecule has 0 heterocycles. The van der Waals surface area contributed by atoms with E-state index in [1.165, 1.54) is 0 Å². The SMILES string of the molecule is CCOCC(C)N(CC)CC(C)C(=O)O. The van der Waals surface area contributed by atoms with Crippen LogP contribution in [0.15, 0.2) is 0 Å². The first-order valence-electron chi connectivity index (χ1n) is 5.57. The molecule has 0 fully saturated rings. The lowest BCUT2D eigenvalue weighted by Crippen LogP contribution is -2.40. The number of aliphatic carboxylic acids is 1. The summed E-state index contributed by atoms with van der Waals surface area (Å²) in [6.45, 7) is 10.6. The van der Waals surface area contributed by atoms with Gasteiger partial charge in [-0.15, -0.1) is 0 Å². The number of carboxylic acid groups (broad SMARTS) is 1. The second-order valence-electron chi connectivity index (χ2n) is 3.84. The highest BCUT2D eigenvalue weighted by Gasteiger charge is 2.18. The molecule has 0 aromatic carbocycles. The standard InChI is InChI=1S/C11H23NO3/c1-5-12(7-9(3)11(13)14)10(4)8-15-6-2/h9-10H,5-8H2,1-4H3,(H,13,14). The highest BCUT2D eigenvalue weighted by atomic mass is 16.5. The summed E-state index contributed by atoms with van der Waals surface area (Å²) in [7, 11) is 0. The number of hydrogen-bond donors (Lipinski definition) is 1. The highest BCUT2D eigenvalue weighted by molar-refractivity contribution is 5.69. The summed E-state index contributed by atoms with van der Waals surface area (Å²) in [5.74, 6) is -1.06. The maximum atomic E-state index is 10.7. The third-order valence-electron chi connectivity index (χ3n) is 2.52. The topological polar surface area (TPSA) is 49.8 Å². The summed E-state index contributed by atoms with van der Waals surface area (Å²) in [5.41, 5.74) is 0. The molecule has 2 atom stereocenters. The van der Waals surface area contributed by atoms with Gasteiger partial charge in [0.05, 0.1) is 12.5 Å². The van der Waals surface area contributed by atoms with Crippen molar-refractivity contribution in [3.05, 3.63) is 0 Å². The Bertz CT molecular complexity index is 185. The minimum atomic E-state index is -0.739. The zero-order valence-corrected chi connectivity index (χ0v) is 10.2. The molecule has 2 unspecified atom stereocenters. The van der Waals surface area contributed by atoms with Crippen LogP contribution >= 0.6 is 0 Å². The van der Waals surface area contributed by atoms with Crippen molar-refractivity contribution in [3.63, 3.8) is 0 Å². The fourth-order valence-electron chi connectivity index (χ4n) is 1.44. The normalized spacial score (nSPS) is 15.3. The van der Waals surface area contributed by atoms with Gasteiger partial charge in [0.2, 0.25) is 0 Å². The van der Waals surface area contributed by atoms with Crippen molar-refractivity contribution >= 4 is 5.97 Å². The van der Waals surface area contributed by atoms with Gasteiger partial charge in [-0.05, 0) is 20.4 Å². The molecule has 0 rings (SSSR count). The highest BCUT2D eigenvalue weighted by Crippen LogP contribution is 2.05. The number of carboxylic acids is 1. The summed E-state index contributed by atoms with van der Waals surface area (Å²) in [4.78, 5) is 12.9. The Kier molecular flexibility index (Phi) is 7.34. The molecular formula is C11H23NO3. The van der Waals surface area contributed by atoms with Crippen LogP contribution in [0.4, 0.5) is 0 Å². The molecule has 0 aromatic heterocycles. The number of hydrogen-bond acceptors (Lipinski definition) is 3. The quantitative estimate of drug-likeness (QED) is 0.668. The lowest BCUT2D eigenvalue weighted by Gasteiger charge is -2.28. The molecule has 0 aliphatic heterocycles. The zero-order chi connectivity index (χ0) is 11.8. The summed E-state index contributed by atoms with van der Waals surface area (Å²) in [5, 5.41) is 8.83. The Hall–Kier alpha value is -0.610. The largest absolute Gasteiger partial charge is 0.481 e. The molecule has 0 spiro atoms. The van der Waals surface area contributed by atoms with Gasteiger partial charge in [0, 0.05) is 19.2 Å². The second kappa shape index (κ2) is 7.65. The van der Waals surface area contributed by atoms with Crippen LogP contribution in [-0.2, 0) is 9.53 Å². The molecule has 90 valence electrons. The van der Waals surface area contributed by atoms with Crippen LogP contribution in [-0.4, -0.2) is 48.3 Å². The van der Waals surface area contributed by atoms with Crippen molar-refractivity contribution in [1.82, 2.24) is 4.90 Å². The van der Waals surface area contributed by atoms with Gasteiger partial charge in [0.15, 0.2) is 0 Å². The fourth-order valence-corrected chi connectivity index (χ4v) is 1.44. The van der Waals surface area contributed by atoms with E-state index < -0.39 is 5.97 Å². The van der Waals surface area contributed by atoms with Gasteiger partial charge in [0.1, 0.15) is 0 Å². The molecule has 4 nitrogen and oxygen atoms in total. The minimum absolute atomic E-state index is 0.275. The molecule has 15 heavy (non-hydrogen) atoms. The molecule has 0 amide bonds. The van der Waals surface area contributed by atoms with E-state index in [0.717, 1.165) is 6.54 Å². The van der Waals surface area contributed by atoms with E-state index in [1.54, 1.807) is 6.92 Å². The first-order valence-corrected chi connectivity index (χ1v) is 5.57. The number of nitrogens with zero attached hydrogens (tertiary/aromatic N) is 1. The molecule has 4 heteroatoms. The molecule has 0 saturated heterocycles. The van der Waals surface area contributed by atoms with Gasteiger partial charge < -0.3 is 9.84 Å². The monoisotopic (exact) mass is 217 g/mol. The minimum Gasteiger partial charge on any atom is -0.481 e. The average Bonchev–Trinajstić information content (AvgIpc) is 2.21. The maximum absolute atomic E-state index is 10.7. The first-order chi connectivity index (χ1) is 7.02. The van der Waals surface area contributed by atoms with Crippen LogP contribution in [0, 0.1) is 5.92 Å². The number of rotatable bonds is 8. The zero-order valence-electron chi connectivity index (χ0n) is 10.2. The molecule has 0 aliphatic rings. The van der Waals surface area contributed by atoms with Gasteiger partial charge in [-0.2, -0.15) is 0 Å². The van der Waals surface area contributed by atoms with Crippen molar-refractivity contribution in [1.29, 1.82) is 0 Å². The van der Waals surface area contributed by atoms with Crippen molar-refractivity contribution in [2.45, 2.75) is 33.7 Å². The summed E-state index contributed by atoms with van der Waals surface area (Å²) < 4.78 is 5.33. The lowest BCUT2D eigenvalue weighted by atomic mass is 10.1. The van der Waals surface area contributed by atoms with Gasteiger partial charge in [0.25, 0.3) is 0 Å². The van der Waals surface area contributed by atoms with E-state index in [9.17, 15) is 4.79 Å². The summed E-state index contributed by atoms with van der Waals surface area (Å²) >= 11 is 0.